The molecule has 0 aromatic heterocycles. The van der Waals surface area contributed by atoms with Gasteiger partial charge in [0, 0.05) is 31.6 Å². The number of methoxy groups -OCH3 is 1. The van der Waals surface area contributed by atoms with Crippen molar-refractivity contribution in [1.82, 2.24) is 4.90 Å². The standard InChI is InChI=1S/C21H23ClN2O3/c1-14-4-9-19(27-3)18(10-14)24-13-16(11-20(24)25)21(26)23(2)12-15-5-7-17(22)8-6-15/h4-10,16H,11-13H2,1-3H3. The summed E-state index contributed by atoms with van der Waals surface area (Å²) in [5, 5.41) is 0.664. The summed E-state index contributed by atoms with van der Waals surface area (Å²) < 4.78 is 5.39. The third kappa shape index (κ3) is 4.25. The molecule has 1 heterocycles. The molecular formula is C21H23ClN2O3. The van der Waals surface area contributed by atoms with Gasteiger partial charge in [0.05, 0.1) is 18.7 Å². The first kappa shape index (κ1) is 19.2. The smallest absolute Gasteiger partial charge is 0.228 e. The molecule has 6 heteroatoms. The van der Waals surface area contributed by atoms with Gasteiger partial charge in [0.2, 0.25) is 11.8 Å². The van der Waals surface area contributed by atoms with Gasteiger partial charge in [0.25, 0.3) is 0 Å². The van der Waals surface area contributed by atoms with Crippen LogP contribution in [-0.2, 0) is 16.1 Å². The molecular weight excluding hydrogens is 364 g/mol. The minimum Gasteiger partial charge on any atom is -0.495 e. The molecule has 1 fully saturated rings. The minimum absolute atomic E-state index is 0.0348. The Morgan fingerprint density at radius 3 is 2.63 bits per heavy atom. The van der Waals surface area contributed by atoms with Crippen LogP contribution >= 0.6 is 11.6 Å². The van der Waals surface area contributed by atoms with E-state index in [-0.39, 0.29) is 24.2 Å². The van der Waals surface area contributed by atoms with Crippen molar-refractivity contribution < 1.29 is 14.3 Å². The number of amides is 2. The van der Waals surface area contributed by atoms with Gasteiger partial charge in [-0.15, -0.1) is 0 Å². The maximum absolute atomic E-state index is 12.9. The highest BCUT2D eigenvalue weighted by Crippen LogP contribution is 2.34. The van der Waals surface area contributed by atoms with Crippen molar-refractivity contribution in [1.29, 1.82) is 0 Å². The van der Waals surface area contributed by atoms with Crippen molar-refractivity contribution >= 4 is 29.1 Å². The molecule has 27 heavy (non-hydrogen) atoms. The second kappa shape index (κ2) is 8.01. The van der Waals surface area contributed by atoms with Crippen LogP contribution in [-0.4, -0.2) is 37.4 Å². The Morgan fingerprint density at radius 1 is 1.26 bits per heavy atom. The Kier molecular flexibility index (Phi) is 5.71. The van der Waals surface area contributed by atoms with Crippen LogP contribution in [0.2, 0.25) is 5.02 Å². The molecule has 1 saturated heterocycles. The van der Waals surface area contributed by atoms with E-state index in [4.69, 9.17) is 16.3 Å². The van der Waals surface area contributed by atoms with Gasteiger partial charge < -0.3 is 14.5 Å². The summed E-state index contributed by atoms with van der Waals surface area (Å²) in [6.07, 6.45) is 0.209. The number of hydrogen-bond donors (Lipinski definition) is 0. The predicted octanol–water partition coefficient (Wildman–Crippen LogP) is 3.67. The van der Waals surface area contributed by atoms with Gasteiger partial charge in [0.1, 0.15) is 5.75 Å². The molecule has 0 aliphatic carbocycles. The predicted molar refractivity (Wildman–Crippen MR) is 106 cm³/mol. The highest BCUT2D eigenvalue weighted by Gasteiger charge is 2.37. The van der Waals surface area contributed by atoms with Crippen molar-refractivity contribution in [3.63, 3.8) is 0 Å². The lowest BCUT2D eigenvalue weighted by molar-refractivity contribution is -0.135. The number of carbonyl (C=O) groups is 2. The van der Waals surface area contributed by atoms with Crippen molar-refractivity contribution in [2.45, 2.75) is 19.9 Å². The Hall–Kier alpha value is -2.53. The second-order valence-corrected chi connectivity index (χ2v) is 7.34. The maximum atomic E-state index is 12.9. The molecule has 0 saturated carbocycles. The summed E-state index contributed by atoms with van der Waals surface area (Å²) in [6, 6.07) is 13.1. The topological polar surface area (TPSA) is 49.9 Å². The van der Waals surface area contributed by atoms with Gasteiger partial charge in [-0.05, 0) is 42.3 Å². The number of rotatable bonds is 5. The van der Waals surface area contributed by atoms with E-state index in [1.807, 2.05) is 37.3 Å². The highest BCUT2D eigenvalue weighted by atomic mass is 35.5. The third-order valence-corrected chi connectivity index (χ3v) is 5.06. The van der Waals surface area contributed by atoms with E-state index in [9.17, 15) is 9.59 Å². The summed E-state index contributed by atoms with van der Waals surface area (Å²) in [7, 11) is 3.34. The van der Waals surface area contributed by atoms with Crippen LogP contribution in [0.3, 0.4) is 0 Å². The molecule has 0 radical (unpaired) electrons. The Balaban J connectivity index is 1.72. The summed E-state index contributed by atoms with van der Waals surface area (Å²) in [5.41, 5.74) is 2.75. The van der Waals surface area contributed by atoms with Crippen molar-refractivity contribution in [3.8, 4) is 5.75 Å². The van der Waals surface area contributed by atoms with E-state index >= 15 is 0 Å². The Labute approximate surface area is 164 Å². The van der Waals surface area contributed by atoms with Crippen LogP contribution in [0, 0.1) is 12.8 Å². The molecule has 0 spiro atoms. The van der Waals surface area contributed by atoms with E-state index in [2.05, 4.69) is 0 Å². The first-order valence-corrected chi connectivity index (χ1v) is 9.21. The number of anilines is 1. The third-order valence-electron chi connectivity index (χ3n) is 4.81. The van der Waals surface area contributed by atoms with E-state index < -0.39 is 0 Å². The van der Waals surface area contributed by atoms with Crippen molar-refractivity contribution in [3.05, 3.63) is 58.6 Å². The molecule has 1 atom stereocenters. The highest BCUT2D eigenvalue weighted by molar-refractivity contribution is 6.30. The van der Waals surface area contributed by atoms with Crippen LogP contribution in [0.15, 0.2) is 42.5 Å². The molecule has 2 aromatic rings. The molecule has 2 amide bonds. The zero-order valence-corrected chi connectivity index (χ0v) is 16.5. The Bertz CT molecular complexity index is 851. The van der Waals surface area contributed by atoms with Gasteiger partial charge in [-0.25, -0.2) is 0 Å². The first-order chi connectivity index (χ1) is 12.9. The zero-order valence-electron chi connectivity index (χ0n) is 15.7. The lowest BCUT2D eigenvalue weighted by Gasteiger charge is -2.22. The summed E-state index contributed by atoms with van der Waals surface area (Å²) in [5.74, 6) is 0.182. The summed E-state index contributed by atoms with van der Waals surface area (Å²) in [6.45, 7) is 2.81. The fraction of sp³-hybridized carbons (Fsp3) is 0.333. The number of nitrogens with zero attached hydrogens (tertiary/aromatic N) is 2. The quantitative estimate of drug-likeness (QED) is 0.787. The maximum Gasteiger partial charge on any atom is 0.228 e. The molecule has 2 aromatic carbocycles. The van der Waals surface area contributed by atoms with Crippen LogP contribution < -0.4 is 9.64 Å². The largest absolute Gasteiger partial charge is 0.495 e. The molecule has 1 aliphatic rings. The van der Waals surface area contributed by atoms with E-state index in [1.54, 1.807) is 36.1 Å². The molecule has 1 aliphatic heterocycles. The number of halogens is 1. The number of hydrogen-bond acceptors (Lipinski definition) is 3. The summed E-state index contributed by atoms with van der Waals surface area (Å²) >= 11 is 5.91. The molecule has 3 rings (SSSR count). The van der Waals surface area contributed by atoms with Crippen LogP contribution in [0.25, 0.3) is 0 Å². The SMILES string of the molecule is COc1ccc(C)cc1N1CC(C(=O)N(C)Cc2ccc(Cl)cc2)CC1=O. The molecule has 142 valence electrons. The molecule has 5 nitrogen and oxygen atoms in total. The number of benzene rings is 2. The van der Waals surface area contributed by atoms with Crippen LogP contribution in [0.5, 0.6) is 5.75 Å². The fourth-order valence-corrected chi connectivity index (χ4v) is 3.50. The molecule has 1 unspecified atom stereocenters. The van der Waals surface area contributed by atoms with E-state index in [1.165, 1.54) is 0 Å². The van der Waals surface area contributed by atoms with Crippen molar-refractivity contribution in [2.75, 3.05) is 25.6 Å². The molecule has 0 bridgehead atoms. The van der Waals surface area contributed by atoms with Gasteiger partial charge in [-0.1, -0.05) is 29.8 Å². The van der Waals surface area contributed by atoms with E-state index in [0.717, 1.165) is 16.8 Å². The lowest BCUT2D eigenvalue weighted by atomic mass is 10.1. The number of carbonyl (C=O) groups excluding carboxylic acids is 2. The van der Waals surface area contributed by atoms with Gasteiger partial charge >= 0.3 is 0 Å². The van der Waals surface area contributed by atoms with Gasteiger partial charge in [-0.3, -0.25) is 9.59 Å². The average molecular weight is 387 g/mol. The summed E-state index contributed by atoms with van der Waals surface area (Å²) in [4.78, 5) is 28.7. The van der Waals surface area contributed by atoms with E-state index in [0.29, 0.717) is 23.9 Å². The fourth-order valence-electron chi connectivity index (χ4n) is 3.37. The van der Waals surface area contributed by atoms with Crippen molar-refractivity contribution in [2.24, 2.45) is 5.92 Å². The number of aryl methyl sites for hydroxylation is 1. The molecule has 0 N–H and O–H groups in total. The first-order valence-electron chi connectivity index (χ1n) is 8.83. The second-order valence-electron chi connectivity index (χ2n) is 6.90. The lowest BCUT2D eigenvalue weighted by Crippen LogP contribution is -2.34. The minimum atomic E-state index is -0.361. The monoisotopic (exact) mass is 386 g/mol. The zero-order chi connectivity index (χ0) is 19.6. The van der Waals surface area contributed by atoms with Gasteiger partial charge in [-0.2, -0.15) is 0 Å². The average Bonchev–Trinajstić information content (AvgIpc) is 3.04. The van der Waals surface area contributed by atoms with Crippen LogP contribution in [0.1, 0.15) is 17.5 Å². The van der Waals surface area contributed by atoms with Crippen LogP contribution in [0.4, 0.5) is 5.69 Å². The Morgan fingerprint density at radius 2 is 1.96 bits per heavy atom. The van der Waals surface area contributed by atoms with Gasteiger partial charge in [0.15, 0.2) is 0 Å². The number of ether oxygens (including phenoxy) is 1. The normalized spacial score (nSPS) is 16.5.